The van der Waals surface area contributed by atoms with E-state index < -0.39 is 11.5 Å². The number of benzene rings is 1. The van der Waals surface area contributed by atoms with E-state index in [4.69, 9.17) is 0 Å². The number of rotatable bonds is 1. The predicted octanol–water partition coefficient (Wildman–Crippen LogP) is 3.75. The third kappa shape index (κ3) is 3.86. The first-order valence-electron chi connectivity index (χ1n) is 7.67. The van der Waals surface area contributed by atoms with Gasteiger partial charge in [-0.2, -0.15) is 0 Å². The molecule has 1 aliphatic heterocycles. The Kier molecular flexibility index (Phi) is 5.04. The number of piperazine rings is 1. The molecule has 0 radical (unpaired) electrons. The number of amides is 2. The average molecular weight is 383 g/mol. The highest BCUT2D eigenvalue weighted by Crippen LogP contribution is 2.32. The van der Waals surface area contributed by atoms with Crippen LogP contribution < -0.4 is 0 Å². The molecule has 1 aromatic carbocycles. The summed E-state index contributed by atoms with van der Waals surface area (Å²) in [7, 11) is 0. The Balaban J connectivity index is 2.36. The Morgan fingerprint density at radius 2 is 1.87 bits per heavy atom. The van der Waals surface area contributed by atoms with Crippen LogP contribution in [-0.4, -0.2) is 46.0 Å². The third-order valence-electron chi connectivity index (χ3n) is 4.12. The van der Waals surface area contributed by atoms with Crippen LogP contribution in [0.3, 0.4) is 0 Å². The lowest BCUT2D eigenvalue weighted by Gasteiger charge is -2.46. The number of hydrogen-bond donors (Lipinski definition) is 1. The molecule has 1 saturated heterocycles. The summed E-state index contributed by atoms with van der Waals surface area (Å²) >= 11 is 3.43. The maximum absolute atomic E-state index is 12.7. The first-order valence-corrected chi connectivity index (χ1v) is 8.46. The smallest absolute Gasteiger partial charge is 0.407 e. The van der Waals surface area contributed by atoms with Crippen LogP contribution in [0.1, 0.15) is 39.3 Å². The Morgan fingerprint density at radius 1 is 1.22 bits per heavy atom. The molecule has 0 aliphatic carbocycles. The van der Waals surface area contributed by atoms with Gasteiger partial charge in [0.15, 0.2) is 0 Å². The van der Waals surface area contributed by atoms with Gasteiger partial charge in [0.1, 0.15) is 0 Å². The molecular formula is C17H23BrN2O3. The van der Waals surface area contributed by atoms with Gasteiger partial charge in [0, 0.05) is 29.0 Å². The van der Waals surface area contributed by atoms with Crippen molar-refractivity contribution in [3.05, 3.63) is 34.3 Å². The van der Waals surface area contributed by atoms with Crippen LogP contribution in [0.25, 0.3) is 0 Å². The summed E-state index contributed by atoms with van der Waals surface area (Å²) in [5.41, 5.74) is 0.405. The minimum atomic E-state index is -0.954. The zero-order chi connectivity index (χ0) is 17.4. The second kappa shape index (κ2) is 6.51. The molecule has 0 spiro atoms. The quantitative estimate of drug-likeness (QED) is 0.804. The lowest BCUT2D eigenvalue weighted by molar-refractivity contribution is -0.145. The molecule has 6 heteroatoms. The molecule has 23 heavy (non-hydrogen) atoms. The van der Waals surface area contributed by atoms with Crippen molar-refractivity contribution in [2.75, 3.05) is 13.1 Å². The third-order valence-corrected chi connectivity index (χ3v) is 4.61. The maximum Gasteiger partial charge on any atom is 0.407 e. The Labute approximate surface area is 145 Å². The van der Waals surface area contributed by atoms with Gasteiger partial charge in [-0.05, 0) is 24.6 Å². The predicted molar refractivity (Wildman–Crippen MR) is 92.2 cm³/mol. The molecule has 1 N–H and O–H groups in total. The molecule has 2 atom stereocenters. The van der Waals surface area contributed by atoms with Crippen LogP contribution in [0.15, 0.2) is 28.7 Å². The van der Waals surface area contributed by atoms with Crippen LogP contribution in [0, 0.1) is 5.41 Å². The van der Waals surface area contributed by atoms with E-state index in [-0.39, 0.29) is 18.0 Å². The fourth-order valence-corrected chi connectivity index (χ4v) is 3.32. The largest absolute Gasteiger partial charge is 0.465 e. The molecule has 0 unspecified atom stereocenters. The number of carbonyl (C=O) groups excluding carboxylic acids is 1. The normalized spacial score (nSPS) is 22.1. The second-order valence-electron chi connectivity index (χ2n) is 7.06. The minimum absolute atomic E-state index is 0.0510. The average Bonchev–Trinajstić information content (AvgIpc) is 2.45. The van der Waals surface area contributed by atoms with Crippen LogP contribution in [0.4, 0.5) is 4.79 Å². The van der Waals surface area contributed by atoms with Gasteiger partial charge in [0.2, 0.25) is 5.91 Å². The van der Waals surface area contributed by atoms with Crippen molar-refractivity contribution in [3.8, 4) is 0 Å². The van der Waals surface area contributed by atoms with Crippen LogP contribution in [-0.2, 0) is 4.79 Å². The van der Waals surface area contributed by atoms with Crippen molar-refractivity contribution < 1.29 is 14.7 Å². The van der Waals surface area contributed by atoms with E-state index in [2.05, 4.69) is 15.9 Å². The van der Waals surface area contributed by atoms with E-state index >= 15 is 0 Å². The first-order chi connectivity index (χ1) is 10.6. The van der Waals surface area contributed by atoms with Gasteiger partial charge in [-0.15, -0.1) is 0 Å². The van der Waals surface area contributed by atoms with Crippen molar-refractivity contribution >= 4 is 27.9 Å². The van der Waals surface area contributed by atoms with Crippen molar-refractivity contribution in [1.82, 2.24) is 9.80 Å². The number of halogens is 1. The highest BCUT2D eigenvalue weighted by Gasteiger charge is 2.40. The molecule has 2 rings (SSSR count). The van der Waals surface area contributed by atoms with Gasteiger partial charge in [0.05, 0.1) is 6.04 Å². The van der Waals surface area contributed by atoms with Gasteiger partial charge in [0.25, 0.3) is 0 Å². The molecule has 0 saturated carbocycles. The summed E-state index contributed by atoms with van der Waals surface area (Å²) in [4.78, 5) is 27.6. The van der Waals surface area contributed by atoms with Crippen molar-refractivity contribution in [1.29, 1.82) is 0 Å². The molecular weight excluding hydrogens is 360 g/mol. The highest BCUT2D eigenvalue weighted by atomic mass is 79.9. The second-order valence-corrected chi connectivity index (χ2v) is 7.98. The maximum atomic E-state index is 12.7. The van der Waals surface area contributed by atoms with Crippen molar-refractivity contribution in [3.63, 3.8) is 0 Å². The summed E-state index contributed by atoms with van der Waals surface area (Å²) in [6.45, 7) is 8.25. The molecule has 1 aliphatic rings. The van der Waals surface area contributed by atoms with Gasteiger partial charge in [-0.3, -0.25) is 9.69 Å². The number of carbonyl (C=O) groups is 2. The van der Waals surface area contributed by atoms with Gasteiger partial charge >= 0.3 is 6.09 Å². The molecule has 0 aromatic heterocycles. The number of hydrogen-bond acceptors (Lipinski definition) is 2. The lowest BCUT2D eigenvalue weighted by atomic mass is 9.91. The van der Waals surface area contributed by atoms with E-state index in [0.29, 0.717) is 13.1 Å². The zero-order valence-electron chi connectivity index (χ0n) is 13.9. The van der Waals surface area contributed by atoms with Crippen LogP contribution in [0.5, 0.6) is 0 Å². The Hall–Kier alpha value is -1.56. The summed E-state index contributed by atoms with van der Waals surface area (Å²) in [5, 5.41) is 9.55. The SMILES string of the molecule is C[C@@H]1CN(C(=O)O)[C@@H](c2cccc(Br)c2)CN1C(=O)C(C)(C)C. The topological polar surface area (TPSA) is 60.9 Å². The molecule has 2 amide bonds. The fraction of sp³-hybridized carbons (Fsp3) is 0.529. The molecule has 1 aromatic rings. The standard InChI is InChI=1S/C17H23BrN2O3/c1-11-9-20(16(22)23)14(12-6-5-7-13(18)8-12)10-19(11)15(21)17(2,3)4/h5-8,11,14H,9-10H2,1-4H3,(H,22,23)/t11-,14-/m1/s1. The number of carboxylic acid groups (broad SMARTS) is 1. The fourth-order valence-electron chi connectivity index (χ4n) is 2.90. The summed E-state index contributed by atoms with van der Waals surface area (Å²) in [5.74, 6) is 0.0510. The van der Waals surface area contributed by atoms with Gasteiger partial charge in [-0.25, -0.2) is 4.79 Å². The van der Waals surface area contributed by atoms with E-state index in [1.807, 2.05) is 56.9 Å². The van der Waals surface area contributed by atoms with Crippen molar-refractivity contribution in [2.45, 2.75) is 39.8 Å². The summed E-state index contributed by atoms with van der Waals surface area (Å²) < 4.78 is 0.896. The molecule has 1 fully saturated rings. The summed E-state index contributed by atoms with van der Waals surface area (Å²) in [6, 6.07) is 7.11. The minimum Gasteiger partial charge on any atom is -0.465 e. The van der Waals surface area contributed by atoms with E-state index in [1.165, 1.54) is 4.90 Å². The van der Waals surface area contributed by atoms with Crippen LogP contribution >= 0.6 is 15.9 Å². The molecule has 0 bridgehead atoms. The number of nitrogens with zero attached hydrogens (tertiary/aromatic N) is 2. The van der Waals surface area contributed by atoms with E-state index in [0.717, 1.165) is 10.0 Å². The highest BCUT2D eigenvalue weighted by molar-refractivity contribution is 9.10. The molecule has 1 heterocycles. The summed E-state index contributed by atoms with van der Waals surface area (Å²) in [6.07, 6.45) is -0.954. The van der Waals surface area contributed by atoms with E-state index in [1.54, 1.807) is 0 Å². The zero-order valence-corrected chi connectivity index (χ0v) is 15.5. The Bertz CT molecular complexity index is 612. The molecule has 126 valence electrons. The lowest BCUT2D eigenvalue weighted by Crippen LogP contribution is -2.58. The van der Waals surface area contributed by atoms with E-state index in [9.17, 15) is 14.7 Å². The Morgan fingerprint density at radius 3 is 2.39 bits per heavy atom. The molecule has 5 nitrogen and oxygen atoms in total. The van der Waals surface area contributed by atoms with Gasteiger partial charge in [-0.1, -0.05) is 48.8 Å². The first kappa shape index (κ1) is 17.8. The van der Waals surface area contributed by atoms with Crippen LogP contribution in [0.2, 0.25) is 0 Å². The monoisotopic (exact) mass is 382 g/mol. The van der Waals surface area contributed by atoms with Gasteiger partial charge < -0.3 is 10.0 Å². The van der Waals surface area contributed by atoms with Crippen molar-refractivity contribution in [2.24, 2.45) is 5.41 Å².